The summed E-state index contributed by atoms with van der Waals surface area (Å²) in [5.41, 5.74) is 2.98. The lowest BCUT2D eigenvalue weighted by atomic mass is 9.87. The first-order valence-corrected chi connectivity index (χ1v) is 10.7. The van der Waals surface area contributed by atoms with Gasteiger partial charge in [-0.3, -0.25) is 14.4 Å². The summed E-state index contributed by atoms with van der Waals surface area (Å²) in [6.45, 7) is 8.08. The predicted molar refractivity (Wildman–Crippen MR) is 117 cm³/mol. The smallest absolute Gasteiger partial charge is 0.326 e. The van der Waals surface area contributed by atoms with Crippen LogP contribution in [0.1, 0.15) is 75.7 Å². The molecule has 1 aliphatic rings. The van der Waals surface area contributed by atoms with E-state index in [9.17, 15) is 14.4 Å². The van der Waals surface area contributed by atoms with Crippen LogP contribution in [0.2, 0.25) is 0 Å². The quantitative estimate of drug-likeness (QED) is 0.502. The van der Waals surface area contributed by atoms with Gasteiger partial charge in [-0.25, -0.2) is 0 Å². The number of amides is 2. The van der Waals surface area contributed by atoms with Gasteiger partial charge in [0.15, 0.2) is 6.10 Å². The Bertz CT molecular complexity index is 775. The third-order valence-corrected chi connectivity index (χ3v) is 5.21. The minimum Gasteiger partial charge on any atom is -0.451 e. The fourth-order valence-electron chi connectivity index (χ4n) is 3.29. The second kappa shape index (κ2) is 11.0. The molecule has 0 aliphatic heterocycles. The van der Waals surface area contributed by atoms with E-state index in [0.29, 0.717) is 12.1 Å². The van der Waals surface area contributed by atoms with Gasteiger partial charge in [0.2, 0.25) is 0 Å². The van der Waals surface area contributed by atoms with Crippen molar-refractivity contribution in [2.24, 2.45) is 0 Å². The van der Waals surface area contributed by atoms with Crippen LogP contribution in [0.3, 0.4) is 0 Å². The van der Waals surface area contributed by atoms with Crippen molar-refractivity contribution in [1.29, 1.82) is 0 Å². The van der Waals surface area contributed by atoms with Crippen molar-refractivity contribution >= 4 is 17.8 Å². The van der Waals surface area contributed by atoms with Gasteiger partial charge in [-0.2, -0.15) is 0 Å². The second-order valence-electron chi connectivity index (χ2n) is 8.79. The first-order valence-electron chi connectivity index (χ1n) is 10.7. The van der Waals surface area contributed by atoms with Crippen molar-refractivity contribution in [2.75, 3.05) is 13.1 Å². The highest BCUT2D eigenvalue weighted by atomic mass is 16.5. The second-order valence-corrected chi connectivity index (χ2v) is 8.79. The van der Waals surface area contributed by atoms with Gasteiger partial charge in [0, 0.05) is 12.1 Å². The molecule has 1 aliphatic carbocycles. The molecular formula is C24H34N2O4. The van der Waals surface area contributed by atoms with Crippen LogP contribution in [0.5, 0.6) is 0 Å². The summed E-state index contributed by atoms with van der Waals surface area (Å²) in [6, 6.07) is 7.28. The zero-order valence-corrected chi connectivity index (χ0v) is 18.5. The van der Waals surface area contributed by atoms with Crippen molar-refractivity contribution in [3.8, 4) is 0 Å². The van der Waals surface area contributed by atoms with Crippen LogP contribution in [-0.4, -0.2) is 37.0 Å². The molecule has 1 atom stereocenters. The van der Waals surface area contributed by atoms with Crippen LogP contribution in [0.4, 0.5) is 0 Å². The number of benzene rings is 1. The van der Waals surface area contributed by atoms with E-state index in [1.54, 1.807) is 12.1 Å². The Kier molecular flexibility index (Phi) is 8.63. The van der Waals surface area contributed by atoms with E-state index >= 15 is 0 Å². The van der Waals surface area contributed by atoms with Crippen molar-refractivity contribution in [3.63, 3.8) is 0 Å². The molecule has 0 spiro atoms. The average molecular weight is 415 g/mol. The maximum Gasteiger partial charge on any atom is 0.326 e. The van der Waals surface area contributed by atoms with E-state index in [-0.39, 0.29) is 23.8 Å². The molecule has 6 heteroatoms. The zero-order chi connectivity index (χ0) is 22.1. The maximum absolute atomic E-state index is 12.2. The van der Waals surface area contributed by atoms with Gasteiger partial charge in [-0.05, 0) is 62.1 Å². The number of ether oxygens (including phenoxy) is 1. The van der Waals surface area contributed by atoms with E-state index in [1.807, 2.05) is 12.1 Å². The molecule has 1 aromatic rings. The molecule has 0 radical (unpaired) electrons. The lowest BCUT2D eigenvalue weighted by Gasteiger charge is -2.19. The highest BCUT2D eigenvalue weighted by Gasteiger charge is 2.19. The standard InChI is InChI=1S/C24H34N2O4/c1-17(22(28)25-15-14-18-8-6-5-7-9-18)30-21(27)16-26-23(29)19-10-12-20(13-11-19)24(2,3)4/h8,10-13,17H,5-7,9,14-16H2,1-4H3,(H,25,28)(H,26,29)/t17-/m1/s1. The topological polar surface area (TPSA) is 84.5 Å². The van der Waals surface area contributed by atoms with Gasteiger partial charge in [0.25, 0.3) is 11.8 Å². The normalized spacial score (nSPS) is 15.0. The summed E-state index contributed by atoms with van der Waals surface area (Å²) in [7, 11) is 0. The third kappa shape index (κ3) is 7.65. The predicted octanol–water partition coefficient (Wildman–Crippen LogP) is 3.65. The van der Waals surface area contributed by atoms with E-state index in [2.05, 4.69) is 37.5 Å². The van der Waals surface area contributed by atoms with Gasteiger partial charge >= 0.3 is 5.97 Å². The Morgan fingerprint density at radius 3 is 2.37 bits per heavy atom. The monoisotopic (exact) mass is 414 g/mol. The van der Waals surface area contributed by atoms with Crippen LogP contribution in [0, 0.1) is 0 Å². The first kappa shape index (κ1) is 23.6. The van der Waals surface area contributed by atoms with Crippen molar-refractivity contribution in [3.05, 3.63) is 47.0 Å². The maximum atomic E-state index is 12.2. The summed E-state index contributed by atoms with van der Waals surface area (Å²) in [6.07, 6.45) is 6.83. The van der Waals surface area contributed by atoms with Gasteiger partial charge in [0.1, 0.15) is 6.54 Å². The van der Waals surface area contributed by atoms with Crippen molar-refractivity contribution < 1.29 is 19.1 Å². The molecule has 1 aromatic carbocycles. The van der Waals surface area contributed by atoms with Crippen LogP contribution >= 0.6 is 0 Å². The summed E-state index contributed by atoms with van der Waals surface area (Å²) >= 11 is 0. The molecule has 2 amide bonds. The van der Waals surface area contributed by atoms with E-state index in [1.165, 1.54) is 25.3 Å². The first-order chi connectivity index (χ1) is 14.2. The zero-order valence-electron chi connectivity index (χ0n) is 18.5. The Labute approximate surface area is 179 Å². The molecule has 0 saturated carbocycles. The Morgan fingerprint density at radius 1 is 1.07 bits per heavy atom. The molecule has 0 saturated heterocycles. The molecule has 0 aromatic heterocycles. The van der Waals surface area contributed by atoms with E-state index in [0.717, 1.165) is 24.8 Å². The van der Waals surface area contributed by atoms with Crippen molar-refractivity contribution in [1.82, 2.24) is 10.6 Å². The van der Waals surface area contributed by atoms with Crippen LogP contribution in [-0.2, 0) is 19.7 Å². The largest absolute Gasteiger partial charge is 0.451 e. The number of carbonyl (C=O) groups excluding carboxylic acids is 3. The highest BCUT2D eigenvalue weighted by molar-refractivity contribution is 5.96. The minimum absolute atomic E-state index is 0.00285. The lowest BCUT2D eigenvalue weighted by Crippen LogP contribution is -2.39. The Hall–Kier alpha value is -2.63. The number of carbonyl (C=O) groups is 3. The molecular weight excluding hydrogens is 380 g/mol. The van der Waals surface area contributed by atoms with Crippen molar-refractivity contribution in [2.45, 2.75) is 71.3 Å². The van der Waals surface area contributed by atoms with E-state index in [4.69, 9.17) is 4.74 Å². The Morgan fingerprint density at radius 2 is 1.77 bits per heavy atom. The molecule has 0 fully saturated rings. The fraction of sp³-hybridized carbons (Fsp3) is 0.542. The number of allylic oxidation sites excluding steroid dienone is 1. The van der Waals surface area contributed by atoms with Gasteiger partial charge < -0.3 is 15.4 Å². The van der Waals surface area contributed by atoms with Crippen LogP contribution < -0.4 is 10.6 Å². The minimum atomic E-state index is -0.902. The molecule has 0 unspecified atom stereocenters. The number of hydrogen-bond donors (Lipinski definition) is 2. The highest BCUT2D eigenvalue weighted by Crippen LogP contribution is 2.22. The number of rotatable bonds is 8. The molecule has 30 heavy (non-hydrogen) atoms. The summed E-state index contributed by atoms with van der Waals surface area (Å²) in [5, 5.41) is 5.33. The number of nitrogens with one attached hydrogen (secondary N) is 2. The number of hydrogen-bond acceptors (Lipinski definition) is 4. The molecule has 0 heterocycles. The SMILES string of the molecule is C[C@@H](OC(=O)CNC(=O)c1ccc(C(C)(C)C)cc1)C(=O)NCCC1=CCCCC1. The average Bonchev–Trinajstić information content (AvgIpc) is 2.72. The van der Waals surface area contributed by atoms with E-state index < -0.39 is 12.1 Å². The van der Waals surface area contributed by atoms with Crippen LogP contribution in [0.15, 0.2) is 35.9 Å². The molecule has 6 nitrogen and oxygen atoms in total. The summed E-state index contributed by atoms with van der Waals surface area (Å²) < 4.78 is 5.12. The molecule has 0 bridgehead atoms. The molecule has 164 valence electrons. The summed E-state index contributed by atoms with van der Waals surface area (Å²) in [5.74, 6) is -1.33. The molecule has 2 N–H and O–H groups in total. The number of esters is 1. The fourth-order valence-corrected chi connectivity index (χ4v) is 3.29. The summed E-state index contributed by atoms with van der Waals surface area (Å²) in [4.78, 5) is 36.3. The van der Waals surface area contributed by atoms with Gasteiger partial charge in [-0.15, -0.1) is 0 Å². The van der Waals surface area contributed by atoms with Crippen LogP contribution in [0.25, 0.3) is 0 Å². The van der Waals surface area contributed by atoms with Gasteiger partial charge in [-0.1, -0.05) is 44.6 Å². The third-order valence-electron chi connectivity index (χ3n) is 5.21. The Balaban J connectivity index is 1.70. The lowest BCUT2D eigenvalue weighted by molar-refractivity contribution is -0.153. The van der Waals surface area contributed by atoms with Gasteiger partial charge in [0.05, 0.1) is 0 Å². The molecule has 2 rings (SSSR count).